The Morgan fingerprint density at radius 2 is 1.83 bits per heavy atom. The first-order valence-electron chi connectivity index (χ1n) is 9.41. The lowest BCUT2D eigenvalue weighted by Crippen LogP contribution is -2.29. The number of benzene rings is 1. The molecule has 3 aliphatic carbocycles. The highest BCUT2D eigenvalue weighted by Crippen LogP contribution is 2.48. The van der Waals surface area contributed by atoms with Gasteiger partial charge in [-0.2, -0.15) is 0 Å². The van der Waals surface area contributed by atoms with Crippen LogP contribution in [0.3, 0.4) is 0 Å². The average Bonchev–Trinajstić information content (AvgIpc) is 2.85. The van der Waals surface area contributed by atoms with Crippen LogP contribution in [0.5, 0.6) is 0 Å². The number of Topliss-reactive ketones (excluding diaryl/α,β-unsaturated/α-hetero) is 1. The molecular formula is C21H26O3. The van der Waals surface area contributed by atoms with E-state index in [1.807, 2.05) is 12.1 Å². The average molecular weight is 326 g/mol. The summed E-state index contributed by atoms with van der Waals surface area (Å²) in [6.45, 7) is 0. The van der Waals surface area contributed by atoms with Crippen LogP contribution in [0.15, 0.2) is 18.2 Å². The van der Waals surface area contributed by atoms with Crippen LogP contribution >= 0.6 is 0 Å². The summed E-state index contributed by atoms with van der Waals surface area (Å²) in [6.07, 6.45) is 9.59. The fourth-order valence-electron chi connectivity index (χ4n) is 5.47. The zero-order chi connectivity index (χ0) is 16.7. The summed E-state index contributed by atoms with van der Waals surface area (Å²) >= 11 is 0. The van der Waals surface area contributed by atoms with Crippen molar-refractivity contribution in [2.75, 3.05) is 7.11 Å². The Kier molecular flexibility index (Phi) is 4.19. The number of hydrogen-bond acceptors (Lipinski definition) is 3. The number of methoxy groups -OCH3 is 1. The van der Waals surface area contributed by atoms with E-state index in [0.29, 0.717) is 17.3 Å². The lowest BCUT2D eigenvalue weighted by molar-refractivity contribution is 0.0600. The molecule has 2 saturated carbocycles. The summed E-state index contributed by atoms with van der Waals surface area (Å²) in [7, 11) is 1.40. The molecule has 0 radical (unpaired) electrons. The fourth-order valence-corrected chi connectivity index (χ4v) is 5.47. The van der Waals surface area contributed by atoms with E-state index in [1.165, 1.54) is 39.2 Å². The third-order valence-corrected chi connectivity index (χ3v) is 6.58. The normalized spacial score (nSPS) is 32.1. The van der Waals surface area contributed by atoms with Gasteiger partial charge in [0.15, 0.2) is 5.78 Å². The summed E-state index contributed by atoms with van der Waals surface area (Å²) in [5.41, 5.74) is 2.44. The highest BCUT2D eigenvalue weighted by molar-refractivity contribution is 6.01. The number of carbonyl (C=O) groups excluding carboxylic acids is 2. The molecule has 24 heavy (non-hydrogen) atoms. The number of ketones is 1. The van der Waals surface area contributed by atoms with E-state index in [-0.39, 0.29) is 11.9 Å². The van der Waals surface area contributed by atoms with E-state index < -0.39 is 0 Å². The Bertz CT molecular complexity index is 651. The monoisotopic (exact) mass is 326 g/mol. The first-order valence-corrected chi connectivity index (χ1v) is 9.41. The van der Waals surface area contributed by atoms with Crippen LogP contribution in [0.25, 0.3) is 0 Å². The van der Waals surface area contributed by atoms with Crippen molar-refractivity contribution in [2.45, 2.75) is 51.4 Å². The second-order valence-corrected chi connectivity index (χ2v) is 8.00. The lowest BCUT2D eigenvalue weighted by Gasteiger charge is -2.33. The van der Waals surface area contributed by atoms with Crippen molar-refractivity contribution in [2.24, 2.45) is 23.7 Å². The van der Waals surface area contributed by atoms with Crippen molar-refractivity contribution in [3.63, 3.8) is 0 Å². The molecule has 1 aromatic carbocycles. The third kappa shape index (κ3) is 2.78. The van der Waals surface area contributed by atoms with Crippen LogP contribution in [0.1, 0.15) is 71.2 Å². The van der Waals surface area contributed by atoms with Gasteiger partial charge in [0.2, 0.25) is 0 Å². The molecular weight excluding hydrogens is 300 g/mol. The van der Waals surface area contributed by atoms with E-state index in [4.69, 9.17) is 4.74 Å². The highest BCUT2D eigenvalue weighted by Gasteiger charge is 2.40. The largest absolute Gasteiger partial charge is 0.465 e. The van der Waals surface area contributed by atoms with Crippen LogP contribution in [-0.4, -0.2) is 18.9 Å². The summed E-state index contributed by atoms with van der Waals surface area (Å²) in [4.78, 5) is 25.0. The fraction of sp³-hybridized carbons (Fsp3) is 0.619. The topological polar surface area (TPSA) is 43.4 Å². The molecule has 0 N–H and O–H groups in total. The maximum Gasteiger partial charge on any atom is 0.337 e. The molecule has 0 heterocycles. The smallest absolute Gasteiger partial charge is 0.337 e. The number of aryl methyl sites for hydroxylation is 1. The standard InChI is InChI=1S/C21H26O3/c1-24-21(23)16-7-8-19-15(12-16)3-2-4-18(20(19)22)17-10-13-5-6-14(9-13)11-17/h7-8,12-14,17-18H,2-6,9-11H2,1H3. The van der Waals surface area contributed by atoms with E-state index in [1.54, 1.807) is 6.07 Å². The maximum absolute atomic E-state index is 13.2. The van der Waals surface area contributed by atoms with Gasteiger partial charge in [-0.15, -0.1) is 0 Å². The maximum atomic E-state index is 13.2. The van der Waals surface area contributed by atoms with Crippen molar-refractivity contribution < 1.29 is 14.3 Å². The van der Waals surface area contributed by atoms with E-state index in [2.05, 4.69) is 0 Å². The Morgan fingerprint density at radius 1 is 1.08 bits per heavy atom. The van der Waals surface area contributed by atoms with Gasteiger partial charge in [0.25, 0.3) is 0 Å². The van der Waals surface area contributed by atoms with E-state index >= 15 is 0 Å². The first-order chi connectivity index (χ1) is 11.7. The third-order valence-electron chi connectivity index (χ3n) is 6.58. The first kappa shape index (κ1) is 15.9. The molecule has 3 unspecified atom stereocenters. The Balaban J connectivity index is 1.59. The van der Waals surface area contributed by atoms with Gasteiger partial charge in [0, 0.05) is 11.5 Å². The minimum absolute atomic E-state index is 0.193. The molecule has 3 heteroatoms. The Labute approximate surface area is 143 Å². The van der Waals surface area contributed by atoms with Gasteiger partial charge >= 0.3 is 5.97 Å². The van der Waals surface area contributed by atoms with Crippen molar-refractivity contribution in [3.8, 4) is 0 Å². The second-order valence-electron chi connectivity index (χ2n) is 8.00. The van der Waals surface area contributed by atoms with Crippen LogP contribution in [-0.2, 0) is 11.2 Å². The van der Waals surface area contributed by atoms with Crippen LogP contribution < -0.4 is 0 Å². The lowest BCUT2D eigenvalue weighted by atomic mass is 9.71. The van der Waals surface area contributed by atoms with Crippen molar-refractivity contribution in [1.82, 2.24) is 0 Å². The van der Waals surface area contributed by atoms with Gasteiger partial charge in [-0.1, -0.05) is 18.9 Å². The number of fused-ring (bicyclic) bond motifs is 3. The van der Waals surface area contributed by atoms with Crippen molar-refractivity contribution in [3.05, 3.63) is 34.9 Å². The molecule has 0 amide bonds. The zero-order valence-corrected chi connectivity index (χ0v) is 14.4. The summed E-state index contributed by atoms with van der Waals surface area (Å²) < 4.78 is 4.81. The van der Waals surface area contributed by atoms with Gasteiger partial charge in [-0.05, 0) is 74.0 Å². The molecule has 0 aromatic heterocycles. The Hall–Kier alpha value is -1.64. The number of carbonyl (C=O) groups is 2. The molecule has 0 saturated heterocycles. The summed E-state index contributed by atoms with van der Waals surface area (Å²) in [6, 6.07) is 5.47. The van der Waals surface area contributed by atoms with Gasteiger partial charge in [0.1, 0.15) is 0 Å². The van der Waals surface area contributed by atoms with E-state index in [0.717, 1.165) is 42.2 Å². The molecule has 3 aliphatic rings. The molecule has 1 aromatic rings. The number of rotatable bonds is 2. The molecule has 3 atom stereocenters. The molecule has 128 valence electrons. The minimum Gasteiger partial charge on any atom is -0.465 e. The quantitative estimate of drug-likeness (QED) is 0.596. The minimum atomic E-state index is -0.324. The molecule has 4 rings (SSSR count). The summed E-state index contributed by atoms with van der Waals surface area (Å²) in [5, 5.41) is 0. The SMILES string of the molecule is COC(=O)c1ccc2c(c1)CCCC(C1CC3CCC(C3)C1)C2=O. The van der Waals surface area contributed by atoms with Crippen LogP contribution in [0.2, 0.25) is 0 Å². The predicted octanol–water partition coefficient (Wildman–Crippen LogP) is 4.43. The van der Waals surface area contributed by atoms with Gasteiger partial charge < -0.3 is 4.74 Å². The number of esters is 1. The number of hydrogen-bond donors (Lipinski definition) is 0. The predicted molar refractivity (Wildman–Crippen MR) is 92.1 cm³/mol. The van der Waals surface area contributed by atoms with Crippen molar-refractivity contribution in [1.29, 1.82) is 0 Å². The van der Waals surface area contributed by atoms with Gasteiger partial charge in [-0.25, -0.2) is 4.79 Å². The Morgan fingerprint density at radius 3 is 2.54 bits per heavy atom. The second kappa shape index (κ2) is 6.34. The van der Waals surface area contributed by atoms with Crippen molar-refractivity contribution >= 4 is 11.8 Å². The molecule has 3 nitrogen and oxygen atoms in total. The van der Waals surface area contributed by atoms with E-state index in [9.17, 15) is 9.59 Å². The number of ether oxygens (including phenoxy) is 1. The molecule has 2 fully saturated rings. The van der Waals surface area contributed by atoms with Crippen LogP contribution in [0.4, 0.5) is 0 Å². The molecule has 2 bridgehead atoms. The summed E-state index contributed by atoms with van der Waals surface area (Å²) in [5.74, 6) is 2.51. The highest BCUT2D eigenvalue weighted by atomic mass is 16.5. The molecule has 0 spiro atoms. The van der Waals surface area contributed by atoms with Crippen LogP contribution in [0, 0.1) is 23.7 Å². The zero-order valence-electron chi connectivity index (χ0n) is 14.4. The van der Waals surface area contributed by atoms with Gasteiger partial charge in [-0.3, -0.25) is 4.79 Å². The van der Waals surface area contributed by atoms with Gasteiger partial charge in [0.05, 0.1) is 12.7 Å². The molecule has 0 aliphatic heterocycles.